The van der Waals surface area contributed by atoms with Crippen molar-refractivity contribution >= 4 is 11.9 Å². The number of fused-ring (bicyclic) bond motifs is 5. The van der Waals surface area contributed by atoms with E-state index in [2.05, 4.69) is 26.8 Å². The Morgan fingerprint density at radius 2 is 1.77 bits per heavy atom. The molecule has 3 saturated carbocycles. The Kier molecular flexibility index (Phi) is 5.47. The number of rotatable bonds is 3. The molecule has 0 spiro atoms. The van der Waals surface area contributed by atoms with Gasteiger partial charge in [0.25, 0.3) is 0 Å². The maximum atomic E-state index is 12.7. The van der Waals surface area contributed by atoms with Crippen LogP contribution in [0.15, 0.2) is 42.0 Å². The van der Waals surface area contributed by atoms with Crippen LogP contribution >= 0.6 is 0 Å². The number of carbonyl (C=O) groups is 2. The van der Waals surface area contributed by atoms with Gasteiger partial charge in [0.2, 0.25) is 0 Å². The second kappa shape index (κ2) is 8.21. The Morgan fingerprint density at radius 3 is 2.51 bits per heavy atom. The summed E-state index contributed by atoms with van der Waals surface area (Å²) in [5.41, 5.74) is 2.40. The fourth-order valence-corrected chi connectivity index (χ4v) is 9.48. The summed E-state index contributed by atoms with van der Waals surface area (Å²) in [4.78, 5) is 24.7. The lowest BCUT2D eigenvalue weighted by Gasteiger charge is -2.59. The molecule has 4 heteroatoms. The third-order valence-electron chi connectivity index (χ3n) is 11.3. The second-order valence-electron chi connectivity index (χ2n) is 12.9. The van der Waals surface area contributed by atoms with E-state index in [4.69, 9.17) is 9.47 Å². The molecule has 188 valence electrons. The molecule has 1 saturated heterocycles. The van der Waals surface area contributed by atoms with Crippen LogP contribution in [0.4, 0.5) is 0 Å². The van der Waals surface area contributed by atoms with E-state index in [-0.39, 0.29) is 34.5 Å². The second-order valence-corrected chi connectivity index (χ2v) is 12.9. The summed E-state index contributed by atoms with van der Waals surface area (Å²) < 4.78 is 11.9. The van der Waals surface area contributed by atoms with Gasteiger partial charge >= 0.3 is 11.9 Å². The molecule has 0 bridgehead atoms. The first-order chi connectivity index (χ1) is 16.7. The van der Waals surface area contributed by atoms with Crippen molar-refractivity contribution in [2.75, 3.05) is 0 Å². The molecule has 0 N–H and O–H groups in total. The van der Waals surface area contributed by atoms with Crippen molar-refractivity contribution in [3.8, 4) is 0 Å². The van der Waals surface area contributed by atoms with Gasteiger partial charge in [-0.25, -0.2) is 4.79 Å². The zero-order valence-electron chi connectivity index (χ0n) is 21.6. The summed E-state index contributed by atoms with van der Waals surface area (Å²) in [7, 11) is 0. The number of cyclic esters (lactones) is 1. The molecule has 1 aromatic rings. The lowest BCUT2D eigenvalue weighted by atomic mass is 9.46. The van der Waals surface area contributed by atoms with Gasteiger partial charge in [0.1, 0.15) is 11.7 Å². The molecule has 1 heterocycles. The van der Waals surface area contributed by atoms with Gasteiger partial charge in [-0.15, -0.1) is 0 Å². The van der Waals surface area contributed by atoms with Gasteiger partial charge < -0.3 is 9.47 Å². The molecule has 1 aliphatic heterocycles. The molecule has 35 heavy (non-hydrogen) atoms. The van der Waals surface area contributed by atoms with Crippen molar-refractivity contribution in [3.05, 3.63) is 47.5 Å². The van der Waals surface area contributed by atoms with E-state index >= 15 is 0 Å². The maximum Gasteiger partial charge on any atom is 0.338 e. The first kappa shape index (κ1) is 23.3. The van der Waals surface area contributed by atoms with Crippen molar-refractivity contribution < 1.29 is 19.1 Å². The quantitative estimate of drug-likeness (QED) is 0.352. The molecule has 8 atom stereocenters. The third kappa shape index (κ3) is 3.61. The Bertz CT molecular complexity index is 1050. The van der Waals surface area contributed by atoms with Crippen LogP contribution in [0.3, 0.4) is 0 Å². The molecule has 5 aliphatic rings. The molecule has 0 unspecified atom stereocenters. The van der Waals surface area contributed by atoms with Crippen LogP contribution in [-0.2, 0) is 14.3 Å². The van der Waals surface area contributed by atoms with E-state index in [1.54, 1.807) is 0 Å². The topological polar surface area (TPSA) is 52.6 Å². The fourth-order valence-electron chi connectivity index (χ4n) is 9.48. The number of ether oxygens (including phenoxy) is 2. The van der Waals surface area contributed by atoms with E-state index in [0.717, 1.165) is 38.0 Å². The molecule has 0 aromatic heterocycles. The van der Waals surface area contributed by atoms with Gasteiger partial charge in [0.05, 0.1) is 5.56 Å². The SMILES string of the molecule is C[C@@]12CC[C@@H]3[C@H](CC=C4C[C@@H](OC(=O)c5ccccc5)CC[C@@]43C)[C@H]1CC[C@H]2[C@@]1(C)CCC(=O)O1. The number of allylic oxidation sites excluding steroid dienone is 1. The zero-order chi connectivity index (χ0) is 24.4. The summed E-state index contributed by atoms with van der Waals surface area (Å²) in [5.74, 6) is 2.43. The summed E-state index contributed by atoms with van der Waals surface area (Å²) in [6.45, 7) is 7.23. The summed E-state index contributed by atoms with van der Waals surface area (Å²) >= 11 is 0. The molecule has 6 rings (SSSR count). The zero-order valence-corrected chi connectivity index (χ0v) is 21.6. The molecule has 4 nitrogen and oxygen atoms in total. The monoisotopic (exact) mass is 476 g/mol. The molecule has 1 aromatic carbocycles. The average molecular weight is 477 g/mol. The summed E-state index contributed by atoms with van der Waals surface area (Å²) in [6.07, 6.45) is 13.0. The Morgan fingerprint density at radius 1 is 0.971 bits per heavy atom. The maximum absolute atomic E-state index is 12.7. The molecule has 0 amide bonds. The van der Waals surface area contributed by atoms with Gasteiger partial charge in [-0.3, -0.25) is 4.79 Å². The summed E-state index contributed by atoms with van der Waals surface area (Å²) in [5, 5.41) is 0. The largest absolute Gasteiger partial charge is 0.459 e. The molecular weight excluding hydrogens is 436 g/mol. The first-order valence-corrected chi connectivity index (χ1v) is 13.9. The highest BCUT2D eigenvalue weighted by Gasteiger charge is 2.63. The van der Waals surface area contributed by atoms with E-state index in [1.165, 1.54) is 31.3 Å². The molecule has 0 radical (unpaired) electrons. The van der Waals surface area contributed by atoms with Gasteiger partial charge in [-0.2, -0.15) is 0 Å². The summed E-state index contributed by atoms with van der Waals surface area (Å²) in [6, 6.07) is 9.37. The number of benzene rings is 1. The lowest BCUT2D eigenvalue weighted by molar-refractivity contribution is -0.158. The van der Waals surface area contributed by atoms with Crippen molar-refractivity contribution in [2.24, 2.45) is 34.5 Å². The number of hydrogen-bond acceptors (Lipinski definition) is 4. The lowest BCUT2D eigenvalue weighted by Crippen LogP contribution is -2.53. The van der Waals surface area contributed by atoms with Crippen molar-refractivity contribution in [2.45, 2.75) is 96.7 Å². The third-order valence-corrected chi connectivity index (χ3v) is 11.3. The Balaban J connectivity index is 1.19. The van der Waals surface area contributed by atoms with Crippen LogP contribution in [0.1, 0.15) is 95.3 Å². The smallest absolute Gasteiger partial charge is 0.338 e. The minimum atomic E-state index is -0.270. The van der Waals surface area contributed by atoms with E-state index in [0.29, 0.717) is 29.7 Å². The highest BCUT2D eigenvalue weighted by molar-refractivity contribution is 5.89. The van der Waals surface area contributed by atoms with E-state index in [1.807, 2.05) is 30.3 Å². The van der Waals surface area contributed by atoms with Gasteiger partial charge in [-0.05, 0) is 99.0 Å². The normalized spacial score (nSPS) is 44.5. The van der Waals surface area contributed by atoms with Crippen molar-refractivity contribution in [1.29, 1.82) is 0 Å². The van der Waals surface area contributed by atoms with Crippen LogP contribution in [0, 0.1) is 34.5 Å². The Hall–Kier alpha value is -2.10. The van der Waals surface area contributed by atoms with Crippen LogP contribution < -0.4 is 0 Å². The molecular formula is C31H40O4. The van der Waals surface area contributed by atoms with Gasteiger partial charge in [0.15, 0.2) is 0 Å². The number of carbonyl (C=O) groups excluding carboxylic acids is 2. The fraction of sp³-hybridized carbons (Fsp3) is 0.677. The standard InChI is InChI=1S/C31H40O4/c1-29-16-13-22(34-28(33)20-7-5-4-6-8-20)19-21(29)9-10-23-24-11-12-26(30(24,2)17-14-25(23)29)31(3)18-15-27(32)35-31/h4-9,22-26H,10-19H2,1-3H3/t22-,23+,24+,25+,26+,29-,30+,31+/m0/s1. The number of esters is 2. The van der Waals surface area contributed by atoms with Crippen LogP contribution in [-0.4, -0.2) is 23.6 Å². The van der Waals surface area contributed by atoms with Gasteiger partial charge in [0, 0.05) is 18.8 Å². The van der Waals surface area contributed by atoms with Crippen molar-refractivity contribution in [1.82, 2.24) is 0 Å². The van der Waals surface area contributed by atoms with Crippen LogP contribution in [0.2, 0.25) is 0 Å². The van der Waals surface area contributed by atoms with Crippen molar-refractivity contribution in [3.63, 3.8) is 0 Å². The van der Waals surface area contributed by atoms with Crippen LogP contribution in [0.5, 0.6) is 0 Å². The van der Waals surface area contributed by atoms with Crippen LogP contribution in [0.25, 0.3) is 0 Å². The average Bonchev–Trinajstić information content (AvgIpc) is 3.39. The Labute approximate surface area is 209 Å². The predicted molar refractivity (Wildman–Crippen MR) is 135 cm³/mol. The minimum Gasteiger partial charge on any atom is -0.459 e. The van der Waals surface area contributed by atoms with Gasteiger partial charge in [-0.1, -0.05) is 43.7 Å². The van der Waals surface area contributed by atoms with E-state index < -0.39 is 0 Å². The highest BCUT2D eigenvalue weighted by atomic mass is 16.6. The van der Waals surface area contributed by atoms with E-state index in [9.17, 15) is 9.59 Å². The highest BCUT2D eigenvalue weighted by Crippen LogP contribution is 2.68. The minimum absolute atomic E-state index is 0.00397. The first-order valence-electron chi connectivity index (χ1n) is 13.9. The molecule has 4 fully saturated rings. The number of hydrogen-bond donors (Lipinski definition) is 0. The molecule has 4 aliphatic carbocycles. The predicted octanol–water partition coefficient (Wildman–Crippen LogP) is 6.89.